The molecule has 1 aromatic rings. The van der Waals surface area contributed by atoms with Gasteiger partial charge < -0.3 is 10.1 Å². The van der Waals surface area contributed by atoms with Crippen LogP contribution in [0, 0.1) is 0 Å². The Bertz CT molecular complexity index is 639. The molecule has 0 aromatic heterocycles. The highest BCUT2D eigenvalue weighted by molar-refractivity contribution is 5.78. The Morgan fingerprint density at radius 1 is 1.25 bits per heavy atom. The lowest BCUT2D eigenvalue weighted by Gasteiger charge is -2.20. The van der Waals surface area contributed by atoms with Gasteiger partial charge in [-0.3, -0.25) is 4.79 Å². The Kier molecular flexibility index (Phi) is 5.94. The quantitative estimate of drug-likeness (QED) is 0.878. The molecule has 0 spiro atoms. The maximum Gasteiger partial charge on any atom is 0.224 e. The van der Waals surface area contributed by atoms with Crippen molar-refractivity contribution < 1.29 is 13.9 Å². The molecule has 0 fully saturated rings. The molecule has 1 aromatic carbocycles. The van der Waals surface area contributed by atoms with Crippen molar-refractivity contribution >= 4 is 5.91 Å². The summed E-state index contributed by atoms with van der Waals surface area (Å²) in [6.07, 6.45) is 3.78. The molecule has 1 aliphatic carbocycles. The number of benzene rings is 1. The van der Waals surface area contributed by atoms with Crippen LogP contribution in [0.5, 0.6) is 0 Å². The largest absolute Gasteiger partial charge is 0.374 e. The van der Waals surface area contributed by atoms with Crippen LogP contribution >= 0.6 is 0 Å². The molecule has 1 amide bonds. The number of halogens is 1. The van der Waals surface area contributed by atoms with Gasteiger partial charge in [0.1, 0.15) is 11.9 Å². The minimum Gasteiger partial charge on any atom is -0.374 e. The van der Waals surface area contributed by atoms with Crippen LogP contribution in [0.25, 0.3) is 0 Å². The Labute approximate surface area is 143 Å². The van der Waals surface area contributed by atoms with Crippen LogP contribution in [0.2, 0.25) is 0 Å². The molecular weight excluding hydrogens is 305 g/mol. The predicted octanol–water partition coefficient (Wildman–Crippen LogP) is 4.19. The first kappa shape index (κ1) is 18.4. The zero-order chi connectivity index (χ0) is 17.7. The molecule has 2 rings (SSSR count). The third-order valence-electron chi connectivity index (χ3n) is 4.20. The minimum absolute atomic E-state index is 0.0632. The molecule has 4 heteroatoms. The van der Waals surface area contributed by atoms with Crippen LogP contribution in [0.15, 0.2) is 47.9 Å². The highest BCUT2D eigenvalue weighted by atomic mass is 19.1. The maximum atomic E-state index is 13.4. The minimum atomic E-state index is -0.602. The average molecular weight is 331 g/mol. The first-order chi connectivity index (χ1) is 11.3. The van der Waals surface area contributed by atoms with Crippen molar-refractivity contribution in [1.82, 2.24) is 5.32 Å². The lowest BCUT2D eigenvalue weighted by atomic mass is 9.86. The lowest BCUT2D eigenvalue weighted by Crippen LogP contribution is -2.28. The summed E-state index contributed by atoms with van der Waals surface area (Å²) in [6.45, 7) is 6.54. The molecule has 0 radical (unpaired) electrons. The second-order valence-electron chi connectivity index (χ2n) is 7.17. The van der Waals surface area contributed by atoms with E-state index >= 15 is 0 Å². The van der Waals surface area contributed by atoms with Gasteiger partial charge in [0.2, 0.25) is 5.91 Å². The first-order valence-corrected chi connectivity index (χ1v) is 8.28. The van der Waals surface area contributed by atoms with Crippen molar-refractivity contribution in [2.24, 2.45) is 0 Å². The van der Waals surface area contributed by atoms with E-state index in [-0.39, 0.29) is 17.1 Å². The summed E-state index contributed by atoms with van der Waals surface area (Å²) in [4.78, 5) is 12.1. The van der Waals surface area contributed by atoms with Crippen LogP contribution in [-0.4, -0.2) is 19.1 Å². The van der Waals surface area contributed by atoms with E-state index in [2.05, 4.69) is 50.4 Å². The average Bonchev–Trinajstić information content (AvgIpc) is 2.54. The Morgan fingerprint density at radius 2 is 1.92 bits per heavy atom. The summed E-state index contributed by atoms with van der Waals surface area (Å²) in [7, 11) is 1.46. The standard InChI is InChI=1S/C20H26FNO2/c1-20(2,3)15-8-5-14(6-9-15)7-12-19(23)22-16-10-11-17(21)18(13-16)24-4/h5-6,8-11,18H,7,12-13H2,1-4H3,(H,22,23). The molecule has 1 atom stereocenters. The van der Waals surface area contributed by atoms with Gasteiger partial charge in [-0.25, -0.2) is 4.39 Å². The van der Waals surface area contributed by atoms with Gasteiger partial charge in [0.15, 0.2) is 0 Å². The number of methoxy groups -OCH3 is 1. The molecule has 0 heterocycles. The highest BCUT2D eigenvalue weighted by Gasteiger charge is 2.20. The number of amides is 1. The van der Waals surface area contributed by atoms with E-state index in [4.69, 9.17) is 4.74 Å². The van der Waals surface area contributed by atoms with Crippen molar-refractivity contribution in [3.05, 3.63) is 59.1 Å². The third kappa shape index (κ3) is 5.03. The van der Waals surface area contributed by atoms with E-state index in [1.54, 1.807) is 6.08 Å². The van der Waals surface area contributed by atoms with Crippen molar-refractivity contribution in [2.75, 3.05) is 7.11 Å². The number of allylic oxidation sites excluding steroid dienone is 2. The zero-order valence-corrected chi connectivity index (χ0v) is 14.9. The fourth-order valence-corrected chi connectivity index (χ4v) is 2.61. The van der Waals surface area contributed by atoms with Crippen molar-refractivity contribution in [2.45, 2.75) is 51.6 Å². The van der Waals surface area contributed by atoms with Crippen molar-refractivity contribution in [3.8, 4) is 0 Å². The number of carbonyl (C=O) groups excluding carboxylic acids is 1. The SMILES string of the molecule is COC1CC(NC(=O)CCc2ccc(C(C)(C)C)cc2)=CC=C1F. The molecule has 1 N–H and O–H groups in total. The zero-order valence-electron chi connectivity index (χ0n) is 14.9. The molecule has 130 valence electrons. The van der Waals surface area contributed by atoms with Crippen LogP contribution in [0.4, 0.5) is 4.39 Å². The fourth-order valence-electron chi connectivity index (χ4n) is 2.61. The van der Waals surface area contributed by atoms with Crippen molar-refractivity contribution in [3.63, 3.8) is 0 Å². The Morgan fingerprint density at radius 3 is 2.50 bits per heavy atom. The molecule has 0 bridgehead atoms. The van der Waals surface area contributed by atoms with Gasteiger partial charge in [-0.15, -0.1) is 0 Å². The monoisotopic (exact) mass is 331 g/mol. The molecule has 0 saturated heterocycles. The number of hydrogen-bond donors (Lipinski definition) is 1. The molecule has 0 aliphatic heterocycles. The van der Waals surface area contributed by atoms with Crippen LogP contribution in [0.1, 0.15) is 44.7 Å². The number of rotatable bonds is 5. The summed E-state index contributed by atoms with van der Waals surface area (Å²) in [5.41, 5.74) is 3.24. The third-order valence-corrected chi connectivity index (χ3v) is 4.20. The first-order valence-electron chi connectivity index (χ1n) is 8.28. The summed E-state index contributed by atoms with van der Waals surface area (Å²) in [5.74, 6) is -0.374. The second-order valence-corrected chi connectivity index (χ2v) is 7.17. The van der Waals surface area contributed by atoms with Gasteiger partial charge in [-0.2, -0.15) is 0 Å². The van der Waals surface area contributed by atoms with Gasteiger partial charge >= 0.3 is 0 Å². The van der Waals surface area contributed by atoms with Gasteiger partial charge in [-0.1, -0.05) is 45.0 Å². The number of nitrogens with one attached hydrogen (secondary N) is 1. The van der Waals surface area contributed by atoms with E-state index in [1.807, 2.05) is 0 Å². The van der Waals surface area contributed by atoms with Crippen LogP contribution < -0.4 is 5.32 Å². The molecule has 3 nitrogen and oxygen atoms in total. The number of ether oxygens (including phenoxy) is 1. The van der Waals surface area contributed by atoms with Crippen molar-refractivity contribution in [1.29, 1.82) is 0 Å². The van der Waals surface area contributed by atoms with E-state index in [0.717, 1.165) is 5.56 Å². The fraction of sp³-hybridized carbons (Fsp3) is 0.450. The maximum absolute atomic E-state index is 13.4. The molecule has 1 unspecified atom stereocenters. The van der Waals surface area contributed by atoms with E-state index in [0.29, 0.717) is 25.0 Å². The van der Waals surface area contributed by atoms with Gasteiger partial charge in [0.05, 0.1) is 0 Å². The van der Waals surface area contributed by atoms with Gasteiger partial charge in [-0.05, 0) is 35.1 Å². The Hall–Kier alpha value is -1.94. The number of aryl methyl sites for hydroxylation is 1. The summed E-state index contributed by atoms with van der Waals surface area (Å²) < 4.78 is 18.5. The smallest absolute Gasteiger partial charge is 0.224 e. The normalized spacial score (nSPS) is 18.0. The van der Waals surface area contributed by atoms with Crippen LogP contribution in [-0.2, 0) is 21.4 Å². The Balaban J connectivity index is 1.85. The molecular formula is C20H26FNO2. The van der Waals surface area contributed by atoms with E-state index < -0.39 is 6.10 Å². The van der Waals surface area contributed by atoms with E-state index in [1.165, 1.54) is 18.7 Å². The highest BCUT2D eigenvalue weighted by Crippen LogP contribution is 2.23. The van der Waals surface area contributed by atoms with Gasteiger partial charge in [0, 0.05) is 25.6 Å². The topological polar surface area (TPSA) is 38.3 Å². The molecule has 0 saturated carbocycles. The number of hydrogen-bond acceptors (Lipinski definition) is 2. The van der Waals surface area contributed by atoms with Gasteiger partial charge in [0.25, 0.3) is 0 Å². The van der Waals surface area contributed by atoms with Crippen LogP contribution in [0.3, 0.4) is 0 Å². The summed E-state index contributed by atoms with van der Waals surface area (Å²) in [6, 6.07) is 8.39. The summed E-state index contributed by atoms with van der Waals surface area (Å²) >= 11 is 0. The lowest BCUT2D eigenvalue weighted by molar-refractivity contribution is -0.120. The van der Waals surface area contributed by atoms with E-state index in [9.17, 15) is 9.18 Å². The predicted molar refractivity (Wildman–Crippen MR) is 94.3 cm³/mol. The number of carbonyl (C=O) groups is 1. The molecule has 1 aliphatic rings. The molecule has 24 heavy (non-hydrogen) atoms. The second kappa shape index (κ2) is 7.75. The summed E-state index contributed by atoms with van der Waals surface area (Å²) in [5, 5.41) is 2.84.